The number of rotatable bonds is 6. The molecule has 1 fully saturated rings. The van der Waals surface area contributed by atoms with Gasteiger partial charge in [0.1, 0.15) is 5.75 Å². The van der Waals surface area contributed by atoms with Crippen molar-refractivity contribution in [3.63, 3.8) is 0 Å². The molecule has 6 heteroatoms. The van der Waals surface area contributed by atoms with Gasteiger partial charge in [0, 0.05) is 24.3 Å². The fraction of sp³-hybridized carbons (Fsp3) is 0.300. The van der Waals surface area contributed by atoms with Gasteiger partial charge in [0.2, 0.25) is 0 Å². The number of ether oxygens (including phenoxy) is 1. The summed E-state index contributed by atoms with van der Waals surface area (Å²) in [5.74, 6) is 1.60. The lowest BCUT2D eigenvalue weighted by Gasteiger charge is -2.18. The van der Waals surface area contributed by atoms with E-state index < -0.39 is 0 Å². The highest BCUT2D eigenvalue weighted by Crippen LogP contribution is 2.34. The molecule has 0 spiro atoms. The van der Waals surface area contributed by atoms with E-state index in [0.717, 1.165) is 41.1 Å². The van der Waals surface area contributed by atoms with Crippen LogP contribution in [0.2, 0.25) is 0 Å². The van der Waals surface area contributed by atoms with Gasteiger partial charge in [0.25, 0.3) is 5.56 Å². The zero-order chi connectivity index (χ0) is 25.2. The van der Waals surface area contributed by atoms with Crippen molar-refractivity contribution in [3.8, 4) is 17.1 Å². The van der Waals surface area contributed by atoms with Crippen LogP contribution in [0, 0.1) is 6.92 Å². The van der Waals surface area contributed by atoms with Gasteiger partial charge >= 0.3 is 0 Å². The highest BCUT2D eigenvalue weighted by atomic mass is 16.5. The Balaban J connectivity index is 1.63. The van der Waals surface area contributed by atoms with Gasteiger partial charge in [0.15, 0.2) is 5.82 Å². The highest BCUT2D eigenvalue weighted by Gasteiger charge is 2.18. The molecule has 0 atom stereocenters. The summed E-state index contributed by atoms with van der Waals surface area (Å²) in [5.41, 5.74) is 5.51. The van der Waals surface area contributed by atoms with Crippen LogP contribution in [0.1, 0.15) is 49.3 Å². The summed E-state index contributed by atoms with van der Waals surface area (Å²) in [7, 11) is 1.68. The van der Waals surface area contributed by atoms with E-state index in [1.54, 1.807) is 19.4 Å². The number of hydrogen-bond donors (Lipinski definition) is 0. The first kappa shape index (κ1) is 23.8. The van der Waals surface area contributed by atoms with Gasteiger partial charge in [-0.25, -0.2) is 4.98 Å². The molecule has 1 aromatic heterocycles. The number of anilines is 1. The summed E-state index contributed by atoms with van der Waals surface area (Å²) in [6, 6.07) is 19.8. The SMILES string of the molecule is COc1cc(C)c(-c2nc3ccccc3c(=O)n2N=Cc2ccc(N3CCCC3)cc2)cc1C(C)C. The van der Waals surface area contributed by atoms with E-state index in [1.807, 2.05) is 43.3 Å². The standard InChI is InChI=1S/C30H32N4O2/c1-20(2)25-18-26(21(3)17-28(25)36-4)29-32-27-10-6-5-9-24(27)30(35)34(29)31-19-22-11-13-23(14-12-22)33-15-7-8-16-33/h5-6,9-14,17-20H,7-8,15-16H2,1-4H3. The Bertz CT molecular complexity index is 1480. The average Bonchev–Trinajstić information content (AvgIpc) is 3.43. The van der Waals surface area contributed by atoms with Gasteiger partial charge in [-0.2, -0.15) is 9.78 Å². The van der Waals surface area contributed by atoms with Crippen molar-refractivity contribution in [3.05, 3.63) is 87.7 Å². The van der Waals surface area contributed by atoms with Crippen molar-refractivity contribution in [1.29, 1.82) is 0 Å². The van der Waals surface area contributed by atoms with Crippen molar-refractivity contribution in [1.82, 2.24) is 9.66 Å². The lowest BCUT2D eigenvalue weighted by Crippen LogP contribution is -2.21. The molecule has 0 aliphatic carbocycles. The summed E-state index contributed by atoms with van der Waals surface area (Å²) in [6.45, 7) is 8.47. The zero-order valence-electron chi connectivity index (χ0n) is 21.4. The van der Waals surface area contributed by atoms with E-state index in [-0.39, 0.29) is 11.5 Å². The smallest absolute Gasteiger partial charge is 0.282 e. The third kappa shape index (κ3) is 4.51. The molecule has 0 unspecified atom stereocenters. The van der Waals surface area contributed by atoms with Crippen LogP contribution in [-0.2, 0) is 0 Å². The van der Waals surface area contributed by atoms with Crippen molar-refractivity contribution in [2.75, 3.05) is 25.1 Å². The topological polar surface area (TPSA) is 59.7 Å². The Morgan fingerprint density at radius 1 is 1.03 bits per heavy atom. The lowest BCUT2D eigenvalue weighted by atomic mass is 9.96. The van der Waals surface area contributed by atoms with Crippen LogP contribution in [0.3, 0.4) is 0 Å². The van der Waals surface area contributed by atoms with Crippen molar-refractivity contribution >= 4 is 22.8 Å². The molecule has 2 heterocycles. The maximum Gasteiger partial charge on any atom is 0.282 e. The normalized spacial score (nSPS) is 13.9. The third-order valence-electron chi connectivity index (χ3n) is 6.88. The molecule has 4 aromatic rings. The van der Waals surface area contributed by atoms with Crippen molar-refractivity contribution in [2.24, 2.45) is 5.10 Å². The Kier molecular flexibility index (Phi) is 6.59. The summed E-state index contributed by atoms with van der Waals surface area (Å²) < 4.78 is 7.06. The van der Waals surface area contributed by atoms with Crippen LogP contribution in [0.15, 0.2) is 70.6 Å². The van der Waals surface area contributed by atoms with Crippen molar-refractivity contribution in [2.45, 2.75) is 39.5 Å². The maximum atomic E-state index is 13.6. The van der Waals surface area contributed by atoms with E-state index in [0.29, 0.717) is 16.7 Å². The predicted molar refractivity (Wildman–Crippen MR) is 148 cm³/mol. The first-order valence-electron chi connectivity index (χ1n) is 12.6. The first-order chi connectivity index (χ1) is 17.5. The quantitative estimate of drug-likeness (QED) is 0.318. The fourth-order valence-corrected chi connectivity index (χ4v) is 4.84. The van der Waals surface area contributed by atoms with Crippen molar-refractivity contribution < 1.29 is 4.74 Å². The molecule has 0 amide bonds. The fourth-order valence-electron chi connectivity index (χ4n) is 4.84. The average molecular weight is 481 g/mol. The van der Waals surface area contributed by atoms with E-state index in [1.165, 1.54) is 23.2 Å². The molecule has 6 nitrogen and oxygen atoms in total. The molecule has 0 radical (unpaired) electrons. The molecular formula is C30H32N4O2. The zero-order valence-corrected chi connectivity index (χ0v) is 21.4. The second-order valence-corrected chi connectivity index (χ2v) is 9.66. The molecule has 0 saturated carbocycles. The first-order valence-corrected chi connectivity index (χ1v) is 12.6. The Hall–Kier alpha value is -3.93. The molecule has 0 bridgehead atoms. The summed E-state index contributed by atoms with van der Waals surface area (Å²) in [4.78, 5) is 20.9. The minimum Gasteiger partial charge on any atom is -0.496 e. The van der Waals surface area contributed by atoms with Crippen LogP contribution >= 0.6 is 0 Å². The molecule has 36 heavy (non-hydrogen) atoms. The number of methoxy groups -OCH3 is 1. The van der Waals surface area contributed by atoms with Crippen LogP contribution in [0.4, 0.5) is 5.69 Å². The Morgan fingerprint density at radius 2 is 1.75 bits per heavy atom. The Labute approximate surface area is 211 Å². The summed E-state index contributed by atoms with van der Waals surface area (Å²) in [5, 5.41) is 5.20. The second kappa shape index (κ2) is 9.97. The predicted octanol–water partition coefficient (Wildman–Crippen LogP) is 5.99. The molecule has 0 N–H and O–H groups in total. The number of para-hydroxylation sites is 1. The summed E-state index contributed by atoms with van der Waals surface area (Å²) in [6.07, 6.45) is 4.22. The number of benzene rings is 3. The monoisotopic (exact) mass is 480 g/mol. The number of fused-ring (bicyclic) bond motifs is 1. The second-order valence-electron chi connectivity index (χ2n) is 9.66. The van der Waals surface area contributed by atoms with E-state index in [2.05, 4.69) is 42.0 Å². The van der Waals surface area contributed by atoms with Gasteiger partial charge in [-0.3, -0.25) is 4.79 Å². The maximum absolute atomic E-state index is 13.6. The van der Waals surface area contributed by atoms with Gasteiger partial charge in [-0.15, -0.1) is 0 Å². The molecule has 1 aliphatic heterocycles. The molecular weight excluding hydrogens is 448 g/mol. The largest absolute Gasteiger partial charge is 0.496 e. The highest BCUT2D eigenvalue weighted by molar-refractivity contribution is 5.83. The van der Waals surface area contributed by atoms with Gasteiger partial charge in [0.05, 0.1) is 24.2 Å². The molecule has 1 aliphatic rings. The minimum absolute atomic E-state index is 0.193. The number of aromatic nitrogens is 2. The summed E-state index contributed by atoms with van der Waals surface area (Å²) >= 11 is 0. The van der Waals surface area contributed by atoms with E-state index in [9.17, 15) is 4.79 Å². The van der Waals surface area contributed by atoms with Gasteiger partial charge in [-0.1, -0.05) is 38.1 Å². The molecule has 184 valence electrons. The minimum atomic E-state index is -0.193. The van der Waals surface area contributed by atoms with Crippen LogP contribution in [0.25, 0.3) is 22.3 Å². The lowest BCUT2D eigenvalue weighted by molar-refractivity contribution is 0.407. The third-order valence-corrected chi connectivity index (χ3v) is 6.88. The molecule has 1 saturated heterocycles. The number of nitrogens with zero attached hydrogens (tertiary/aromatic N) is 4. The Morgan fingerprint density at radius 3 is 2.44 bits per heavy atom. The molecule has 5 rings (SSSR count). The van der Waals surface area contributed by atoms with Gasteiger partial charge < -0.3 is 9.64 Å². The van der Waals surface area contributed by atoms with Gasteiger partial charge in [-0.05, 0) is 78.8 Å². The van der Waals surface area contributed by atoms with Crippen LogP contribution in [0.5, 0.6) is 5.75 Å². The molecule has 3 aromatic carbocycles. The number of aryl methyl sites for hydroxylation is 1. The number of hydrogen-bond acceptors (Lipinski definition) is 5. The van der Waals surface area contributed by atoms with E-state index >= 15 is 0 Å². The van der Waals surface area contributed by atoms with Crippen LogP contribution < -0.4 is 15.2 Å². The van der Waals surface area contributed by atoms with Crippen LogP contribution in [-0.4, -0.2) is 36.1 Å². The van der Waals surface area contributed by atoms with E-state index in [4.69, 9.17) is 9.72 Å².